The Morgan fingerprint density at radius 3 is 2.48 bits per heavy atom. The van der Waals surface area contributed by atoms with E-state index in [0.29, 0.717) is 0 Å². The van der Waals surface area contributed by atoms with Crippen molar-refractivity contribution < 1.29 is 4.79 Å². The predicted octanol–water partition coefficient (Wildman–Crippen LogP) is 6.29. The molecule has 0 radical (unpaired) electrons. The third-order valence-electron chi connectivity index (χ3n) is 4.77. The number of amides is 1. The maximum atomic E-state index is 11.6. The topological polar surface area (TPSA) is 20.3 Å². The first-order valence-electron chi connectivity index (χ1n) is 10.8. The lowest BCUT2D eigenvalue weighted by Crippen LogP contribution is -2.34. The smallest absolute Gasteiger partial charge is 0.210 e. The van der Waals surface area contributed by atoms with Gasteiger partial charge in [0.05, 0.1) is 0 Å². The summed E-state index contributed by atoms with van der Waals surface area (Å²) in [6.07, 6.45) is 14.7. The summed E-state index contributed by atoms with van der Waals surface area (Å²) >= 11 is 1.96. The van der Waals surface area contributed by atoms with Crippen LogP contribution in [0.15, 0.2) is 36.4 Å². The van der Waals surface area contributed by atoms with Crippen LogP contribution in [-0.4, -0.2) is 35.4 Å². The highest BCUT2D eigenvalue weighted by Crippen LogP contribution is 2.13. The monoisotopic (exact) mass is 389 g/mol. The van der Waals surface area contributed by atoms with Crippen LogP contribution < -0.4 is 0 Å². The molecule has 1 amide bonds. The van der Waals surface area contributed by atoms with E-state index in [1.807, 2.05) is 16.7 Å². The Morgan fingerprint density at radius 1 is 1.04 bits per heavy atom. The van der Waals surface area contributed by atoms with E-state index in [2.05, 4.69) is 57.2 Å². The third-order valence-corrected chi connectivity index (χ3v) is 5.82. The molecule has 1 rings (SSSR count). The van der Waals surface area contributed by atoms with E-state index < -0.39 is 0 Å². The SMILES string of the molecule is CCCCSCCN(C=O)C(/C=C/CCc1cccc(CCC)c1)CCC. The molecule has 0 N–H and O–H groups in total. The number of hydrogen-bond acceptors (Lipinski definition) is 2. The summed E-state index contributed by atoms with van der Waals surface area (Å²) in [5, 5.41) is 0. The Balaban J connectivity index is 2.48. The van der Waals surface area contributed by atoms with Gasteiger partial charge in [-0.05, 0) is 49.0 Å². The quantitative estimate of drug-likeness (QED) is 0.188. The number of benzene rings is 1. The molecule has 1 aromatic carbocycles. The van der Waals surface area contributed by atoms with Crippen molar-refractivity contribution in [3.05, 3.63) is 47.5 Å². The first-order valence-corrected chi connectivity index (χ1v) is 11.9. The second-order valence-corrected chi connectivity index (χ2v) is 8.43. The van der Waals surface area contributed by atoms with Crippen LogP contribution in [-0.2, 0) is 17.6 Å². The van der Waals surface area contributed by atoms with Gasteiger partial charge in [0.1, 0.15) is 0 Å². The van der Waals surface area contributed by atoms with Crippen LogP contribution in [0, 0.1) is 0 Å². The zero-order chi connectivity index (χ0) is 19.7. The molecule has 0 aliphatic heterocycles. The van der Waals surface area contributed by atoms with E-state index in [1.54, 1.807) is 0 Å². The van der Waals surface area contributed by atoms with Gasteiger partial charge in [0.25, 0.3) is 0 Å². The zero-order valence-corrected chi connectivity index (χ0v) is 18.5. The van der Waals surface area contributed by atoms with E-state index in [4.69, 9.17) is 0 Å². The molecule has 0 spiro atoms. The van der Waals surface area contributed by atoms with Gasteiger partial charge in [-0.25, -0.2) is 0 Å². The molecule has 1 atom stereocenters. The number of nitrogens with zero attached hydrogens (tertiary/aromatic N) is 1. The number of carbonyl (C=O) groups is 1. The summed E-state index contributed by atoms with van der Waals surface area (Å²) in [6.45, 7) is 7.50. The first-order chi connectivity index (χ1) is 13.2. The average Bonchev–Trinajstić information content (AvgIpc) is 2.68. The number of thioether (sulfide) groups is 1. The molecule has 1 aromatic rings. The molecule has 27 heavy (non-hydrogen) atoms. The highest BCUT2D eigenvalue weighted by atomic mass is 32.2. The fraction of sp³-hybridized carbons (Fsp3) is 0.625. The molecule has 0 aliphatic carbocycles. The van der Waals surface area contributed by atoms with Crippen molar-refractivity contribution in [2.45, 2.75) is 78.2 Å². The number of aryl methyl sites for hydroxylation is 2. The normalized spacial score (nSPS) is 12.4. The number of hydrogen-bond donors (Lipinski definition) is 0. The fourth-order valence-corrected chi connectivity index (χ4v) is 4.25. The standard InChI is InChI=1S/C24H39NOS/c1-4-7-18-27-19-17-25(21-26)24(12-6-3)16-9-8-13-23-15-10-14-22(20-23)11-5-2/h9-10,14-16,20-21,24H,4-8,11-13,17-19H2,1-3H3/b16-9+. The van der Waals surface area contributed by atoms with Crippen molar-refractivity contribution >= 4 is 18.2 Å². The van der Waals surface area contributed by atoms with E-state index in [1.165, 1.54) is 36.1 Å². The Hall–Kier alpha value is -1.22. The average molecular weight is 390 g/mol. The summed E-state index contributed by atoms with van der Waals surface area (Å²) in [7, 11) is 0. The highest BCUT2D eigenvalue weighted by Gasteiger charge is 2.12. The van der Waals surface area contributed by atoms with Crippen LogP contribution in [0.3, 0.4) is 0 Å². The summed E-state index contributed by atoms with van der Waals surface area (Å²) < 4.78 is 0. The van der Waals surface area contributed by atoms with Gasteiger partial charge in [-0.2, -0.15) is 11.8 Å². The summed E-state index contributed by atoms with van der Waals surface area (Å²) in [5.41, 5.74) is 2.85. The molecule has 0 fully saturated rings. The van der Waals surface area contributed by atoms with Crippen LogP contribution in [0.1, 0.15) is 70.4 Å². The Bertz CT molecular complexity index is 529. The minimum absolute atomic E-state index is 0.241. The molecule has 0 saturated heterocycles. The Kier molecular flexibility index (Phi) is 13.9. The lowest BCUT2D eigenvalue weighted by molar-refractivity contribution is -0.119. The highest BCUT2D eigenvalue weighted by molar-refractivity contribution is 7.99. The maximum absolute atomic E-state index is 11.6. The van der Waals surface area contributed by atoms with Crippen LogP contribution in [0.5, 0.6) is 0 Å². The summed E-state index contributed by atoms with van der Waals surface area (Å²) in [4.78, 5) is 13.6. The van der Waals surface area contributed by atoms with E-state index in [0.717, 1.165) is 50.8 Å². The number of unbranched alkanes of at least 4 members (excludes halogenated alkanes) is 1. The zero-order valence-electron chi connectivity index (χ0n) is 17.7. The Morgan fingerprint density at radius 2 is 1.81 bits per heavy atom. The fourth-order valence-electron chi connectivity index (χ4n) is 3.22. The van der Waals surface area contributed by atoms with E-state index >= 15 is 0 Å². The van der Waals surface area contributed by atoms with Crippen LogP contribution in [0.2, 0.25) is 0 Å². The predicted molar refractivity (Wildman–Crippen MR) is 122 cm³/mol. The van der Waals surface area contributed by atoms with E-state index in [9.17, 15) is 4.79 Å². The lowest BCUT2D eigenvalue weighted by Gasteiger charge is -2.25. The summed E-state index contributed by atoms with van der Waals surface area (Å²) in [5.74, 6) is 2.24. The molecule has 0 saturated carbocycles. The van der Waals surface area contributed by atoms with Crippen LogP contribution in [0.4, 0.5) is 0 Å². The lowest BCUT2D eigenvalue weighted by atomic mass is 10.0. The van der Waals surface area contributed by atoms with Gasteiger partial charge in [0.15, 0.2) is 0 Å². The van der Waals surface area contributed by atoms with Gasteiger partial charge >= 0.3 is 0 Å². The second-order valence-electron chi connectivity index (χ2n) is 7.20. The Labute approximate surface area is 171 Å². The van der Waals surface area contributed by atoms with Gasteiger partial charge in [-0.3, -0.25) is 4.79 Å². The summed E-state index contributed by atoms with van der Waals surface area (Å²) in [6, 6.07) is 9.20. The number of rotatable bonds is 16. The van der Waals surface area contributed by atoms with Crippen LogP contribution >= 0.6 is 11.8 Å². The molecule has 3 heteroatoms. The van der Waals surface area contributed by atoms with Crippen molar-refractivity contribution in [1.82, 2.24) is 4.90 Å². The van der Waals surface area contributed by atoms with Gasteiger partial charge in [0.2, 0.25) is 6.41 Å². The molecule has 0 bridgehead atoms. The molecule has 152 valence electrons. The van der Waals surface area contributed by atoms with Gasteiger partial charge in [0, 0.05) is 18.3 Å². The van der Waals surface area contributed by atoms with Crippen molar-refractivity contribution in [2.75, 3.05) is 18.1 Å². The van der Waals surface area contributed by atoms with Crippen molar-refractivity contribution in [3.8, 4) is 0 Å². The molecule has 0 aromatic heterocycles. The van der Waals surface area contributed by atoms with Crippen molar-refractivity contribution in [2.24, 2.45) is 0 Å². The first kappa shape index (κ1) is 23.8. The number of allylic oxidation sites excluding steroid dienone is 1. The second kappa shape index (κ2) is 15.8. The minimum atomic E-state index is 0.241. The van der Waals surface area contributed by atoms with Crippen molar-refractivity contribution in [3.63, 3.8) is 0 Å². The molecule has 1 unspecified atom stereocenters. The maximum Gasteiger partial charge on any atom is 0.210 e. The molecule has 0 heterocycles. The van der Waals surface area contributed by atoms with Gasteiger partial charge < -0.3 is 4.90 Å². The molecule has 0 aliphatic rings. The molecular formula is C24H39NOS. The molecule has 2 nitrogen and oxygen atoms in total. The molecular weight excluding hydrogens is 350 g/mol. The number of carbonyl (C=O) groups excluding carboxylic acids is 1. The largest absolute Gasteiger partial charge is 0.338 e. The third kappa shape index (κ3) is 10.6. The van der Waals surface area contributed by atoms with Crippen LogP contribution in [0.25, 0.3) is 0 Å². The van der Waals surface area contributed by atoms with Crippen molar-refractivity contribution in [1.29, 1.82) is 0 Å². The van der Waals surface area contributed by atoms with Gasteiger partial charge in [-0.1, -0.05) is 76.5 Å². The van der Waals surface area contributed by atoms with E-state index in [-0.39, 0.29) is 6.04 Å². The van der Waals surface area contributed by atoms with Gasteiger partial charge in [-0.15, -0.1) is 0 Å². The minimum Gasteiger partial charge on any atom is -0.338 e.